The highest BCUT2D eigenvalue weighted by molar-refractivity contribution is 5.80. The third-order valence-electron chi connectivity index (χ3n) is 4.45. The highest BCUT2D eigenvalue weighted by Gasteiger charge is 2.20. The predicted molar refractivity (Wildman–Crippen MR) is 101 cm³/mol. The van der Waals surface area contributed by atoms with Gasteiger partial charge in [-0.3, -0.25) is 4.90 Å². The van der Waals surface area contributed by atoms with Crippen LogP contribution in [0.2, 0.25) is 0 Å². The molecular weight excluding hydrogens is 330 g/mol. The van der Waals surface area contributed by atoms with Crippen molar-refractivity contribution in [1.29, 1.82) is 0 Å². The number of aliphatic imine (C=N–C) groups is 1. The van der Waals surface area contributed by atoms with Gasteiger partial charge in [-0.1, -0.05) is 17.3 Å². The van der Waals surface area contributed by atoms with Crippen LogP contribution in [-0.4, -0.2) is 60.7 Å². The lowest BCUT2D eigenvalue weighted by Crippen LogP contribution is -2.52. The highest BCUT2D eigenvalue weighted by atomic mass is 16.5. The minimum Gasteiger partial charge on any atom is -0.497 e. The minimum absolute atomic E-state index is 0.658. The quantitative estimate of drug-likeness (QED) is 0.630. The van der Waals surface area contributed by atoms with Crippen LogP contribution in [0.15, 0.2) is 46.1 Å². The molecule has 7 nitrogen and oxygen atoms in total. The number of rotatable bonds is 6. The van der Waals surface area contributed by atoms with E-state index in [1.165, 1.54) is 5.56 Å². The Labute approximate surface area is 154 Å². The average Bonchev–Trinajstić information content (AvgIpc) is 3.19. The summed E-state index contributed by atoms with van der Waals surface area (Å²) in [6.45, 7) is 8.33. The summed E-state index contributed by atoms with van der Waals surface area (Å²) in [7, 11) is 1.68. The van der Waals surface area contributed by atoms with Crippen molar-refractivity contribution >= 4 is 5.96 Å². The van der Waals surface area contributed by atoms with Gasteiger partial charge < -0.3 is 19.5 Å². The zero-order valence-electron chi connectivity index (χ0n) is 15.5. The first-order valence-corrected chi connectivity index (χ1v) is 9.06. The Morgan fingerprint density at radius 2 is 1.96 bits per heavy atom. The van der Waals surface area contributed by atoms with Crippen molar-refractivity contribution in [2.75, 3.05) is 39.8 Å². The summed E-state index contributed by atoms with van der Waals surface area (Å²) in [4.78, 5) is 9.52. The number of hydrogen-bond acceptors (Lipinski definition) is 5. The molecule has 1 aromatic carbocycles. The molecule has 1 aliphatic rings. The number of guanidine groups is 1. The molecule has 0 spiro atoms. The zero-order valence-corrected chi connectivity index (χ0v) is 15.5. The molecule has 2 heterocycles. The number of piperazine rings is 1. The molecule has 0 amide bonds. The van der Waals surface area contributed by atoms with E-state index in [2.05, 4.69) is 39.3 Å². The molecule has 0 atom stereocenters. The van der Waals surface area contributed by atoms with Crippen molar-refractivity contribution in [3.8, 4) is 5.75 Å². The number of nitrogens with one attached hydrogen (secondary N) is 1. The second-order valence-corrected chi connectivity index (χ2v) is 6.27. The number of methoxy groups -OCH3 is 1. The second kappa shape index (κ2) is 9.24. The van der Waals surface area contributed by atoms with Gasteiger partial charge in [-0.25, -0.2) is 4.99 Å². The Balaban J connectivity index is 1.55. The smallest absolute Gasteiger partial charge is 0.194 e. The second-order valence-electron chi connectivity index (χ2n) is 6.27. The lowest BCUT2D eigenvalue weighted by Gasteiger charge is -2.36. The number of nitrogens with zero attached hydrogens (tertiary/aromatic N) is 4. The summed E-state index contributed by atoms with van der Waals surface area (Å²) in [6.07, 6.45) is 1.63. The van der Waals surface area contributed by atoms with Gasteiger partial charge in [0.1, 0.15) is 12.0 Å². The monoisotopic (exact) mass is 357 g/mol. The molecule has 7 heteroatoms. The minimum atomic E-state index is 0.658. The first kappa shape index (κ1) is 18.3. The molecule has 3 rings (SSSR count). The molecule has 1 aliphatic heterocycles. The fourth-order valence-electron chi connectivity index (χ4n) is 2.99. The van der Waals surface area contributed by atoms with Gasteiger partial charge >= 0.3 is 0 Å². The Bertz CT molecular complexity index is 676. The Morgan fingerprint density at radius 1 is 1.19 bits per heavy atom. The standard InChI is InChI=1S/C19H27N5O2/c1-3-20-19(21-14-16-4-6-18(25-2)7-5-16)24-11-9-23(10-12-24)15-17-8-13-26-22-17/h4-8,13H,3,9-12,14-15H2,1-2H3,(H,20,21). The van der Waals surface area contributed by atoms with Crippen LogP contribution in [0.4, 0.5) is 0 Å². The largest absolute Gasteiger partial charge is 0.497 e. The van der Waals surface area contributed by atoms with E-state index < -0.39 is 0 Å². The molecule has 0 radical (unpaired) electrons. The van der Waals surface area contributed by atoms with Gasteiger partial charge in [0.2, 0.25) is 0 Å². The van der Waals surface area contributed by atoms with Crippen molar-refractivity contribution in [2.24, 2.45) is 4.99 Å². The Kier molecular flexibility index (Phi) is 6.49. The van der Waals surface area contributed by atoms with Crippen LogP contribution in [0.25, 0.3) is 0 Å². The van der Waals surface area contributed by atoms with Gasteiger partial charge in [0, 0.05) is 45.3 Å². The van der Waals surface area contributed by atoms with Crippen molar-refractivity contribution in [3.05, 3.63) is 47.9 Å². The number of hydrogen-bond donors (Lipinski definition) is 1. The fraction of sp³-hybridized carbons (Fsp3) is 0.474. The van der Waals surface area contributed by atoms with Crippen molar-refractivity contribution < 1.29 is 9.26 Å². The number of benzene rings is 1. The number of aromatic nitrogens is 1. The van der Waals surface area contributed by atoms with Crippen molar-refractivity contribution in [1.82, 2.24) is 20.3 Å². The van der Waals surface area contributed by atoms with E-state index >= 15 is 0 Å². The Hall–Kier alpha value is -2.54. The van der Waals surface area contributed by atoms with E-state index in [1.807, 2.05) is 18.2 Å². The first-order chi connectivity index (χ1) is 12.8. The van der Waals surface area contributed by atoms with Crippen LogP contribution < -0.4 is 10.1 Å². The molecule has 1 saturated heterocycles. The molecule has 0 unspecified atom stereocenters. The fourth-order valence-corrected chi connectivity index (χ4v) is 2.99. The molecule has 26 heavy (non-hydrogen) atoms. The maximum Gasteiger partial charge on any atom is 0.194 e. The molecule has 0 aliphatic carbocycles. The van der Waals surface area contributed by atoms with E-state index in [0.29, 0.717) is 6.54 Å². The molecule has 0 bridgehead atoms. The maximum absolute atomic E-state index is 5.20. The summed E-state index contributed by atoms with van der Waals surface area (Å²) >= 11 is 0. The van der Waals surface area contributed by atoms with Gasteiger partial charge in [-0.2, -0.15) is 0 Å². The molecule has 1 aromatic heterocycles. The molecule has 2 aromatic rings. The van der Waals surface area contributed by atoms with E-state index in [1.54, 1.807) is 13.4 Å². The number of ether oxygens (including phenoxy) is 1. The zero-order chi connectivity index (χ0) is 18.2. The van der Waals surface area contributed by atoms with Gasteiger partial charge in [0.25, 0.3) is 0 Å². The topological polar surface area (TPSA) is 66.1 Å². The molecule has 140 valence electrons. The van der Waals surface area contributed by atoms with Gasteiger partial charge in [-0.15, -0.1) is 0 Å². The van der Waals surface area contributed by atoms with Gasteiger partial charge in [0.05, 0.1) is 19.3 Å². The molecular formula is C19H27N5O2. The predicted octanol–water partition coefficient (Wildman–Crippen LogP) is 1.97. The average molecular weight is 357 g/mol. The van der Waals surface area contributed by atoms with E-state index in [4.69, 9.17) is 14.3 Å². The lowest BCUT2D eigenvalue weighted by atomic mass is 10.2. The van der Waals surface area contributed by atoms with E-state index in [0.717, 1.165) is 56.7 Å². The van der Waals surface area contributed by atoms with Crippen molar-refractivity contribution in [3.63, 3.8) is 0 Å². The first-order valence-electron chi connectivity index (χ1n) is 9.06. The maximum atomic E-state index is 5.20. The summed E-state index contributed by atoms with van der Waals surface area (Å²) in [5.41, 5.74) is 2.16. The summed E-state index contributed by atoms with van der Waals surface area (Å²) < 4.78 is 10.1. The summed E-state index contributed by atoms with van der Waals surface area (Å²) in [5.74, 6) is 1.84. The van der Waals surface area contributed by atoms with Crippen LogP contribution in [0, 0.1) is 0 Å². The van der Waals surface area contributed by atoms with Crippen molar-refractivity contribution in [2.45, 2.75) is 20.0 Å². The van der Waals surface area contributed by atoms with Crippen LogP contribution in [0.5, 0.6) is 5.75 Å². The van der Waals surface area contributed by atoms with Crippen LogP contribution >= 0.6 is 0 Å². The van der Waals surface area contributed by atoms with Crippen LogP contribution in [0.1, 0.15) is 18.2 Å². The SMILES string of the molecule is CCNC(=NCc1ccc(OC)cc1)N1CCN(Cc2ccon2)CC1. The normalized spacial score (nSPS) is 15.9. The van der Waals surface area contributed by atoms with Gasteiger partial charge in [-0.05, 0) is 24.6 Å². The molecule has 0 saturated carbocycles. The third kappa shape index (κ3) is 4.98. The molecule has 1 fully saturated rings. The molecule has 1 N–H and O–H groups in total. The third-order valence-corrected chi connectivity index (χ3v) is 4.45. The highest BCUT2D eigenvalue weighted by Crippen LogP contribution is 2.12. The van der Waals surface area contributed by atoms with Crippen LogP contribution in [0.3, 0.4) is 0 Å². The van der Waals surface area contributed by atoms with E-state index in [9.17, 15) is 0 Å². The summed E-state index contributed by atoms with van der Waals surface area (Å²) in [6, 6.07) is 9.98. The lowest BCUT2D eigenvalue weighted by molar-refractivity contribution is 0.169. The summed E-state index contributed by atoms with van der Waals surface area (Å²) in [5, 5.41) is 7.40. The van der Waals surface area contributed by atoms with Gasteiger partial charge in [0.15, 0.2) is 5.96 Å². The van der Waals surface area contributed by atoms with E-state index in [-0.39, 0.29) is 0 Å². The Morgan fingerprint density at radius 3 is 2.58 bits per heavy atom. The van der Waals surface area contributed by atoms with Crippen LogP contribution in [-0.2, 0) is 13.1 Å².